The van der Waals surface area contributed by atoms with Crippen molar-refractivity contribution in [1.29, 1.82) is 0 Å². The van der Waals surface area contributed by atoms with E-state index in [0.29, 0.717) is 12.2 Å². The van der Waals surface area contributed by atoms with Crippen molar-refractivity contribution >= 4 is 12.0 Å². The van der Waals surface area contributed by atoms with E-state index in [1.54, 1.807) is 29.1 Å². The number of hydrogen-bond donors (Lipinski definition) is 2. The van der Waals surface area contributed by atoms with Crippen LogP contribution in [-0.4, -0.2) is 20.6 Å². The predicted octanol–water partition coefficient (Wildman–Crippen LogP) is 4.88. The van der Waals surface area contributed by atoms with Crippen molar-refractivity contribution in [3.8, 4) is 22.6 Å². The number of carbonyl (C=O) groups excluding carboxylic acids is 1. The van der Waals surface area contributed by atoms with Crippen LogP contribution >= 0.6 is 0 Å². The molecule has 4 rings (SSSR count). The minimum atomic E-state index is -0.195. The highest BCUT2D eigenvalue weighted by Gasteiger charge is 2.05. The van der Waals surface area contributed by atoms with E-state index in [2.05, 4.69) is 34.6 Å². The first-order valence-electron chi connectivity index (χ1n) is 10.0. The first kappa shape index (κ1) is 20.2. The van der Waals surface area contributed by atoms with Crippen LogP contribution in [-0.2, 0) is 11.3 Å². The van der Waals surface area contributed by atoms with Gasteiger partial charge in [0.1, 0.15) is 5.75 Å². The Morgan fingerprint density at radius 3 is 2.58 bits per heavy atom. The van der Waals surface area contributed by atoms with Crippen molar-refractivity contribution in [3.63, 3.8) is 0 Å². The molecule has 0 unspecified atom stereocenters. The number of nitrogens with one attached hydrogen (secondary N) is 1. The highest BCUT2D eigenvalue weighted by molar-refractivity contribution is 5.91. The molecule has 0 fully saturated rings. The van der Waals surface area contributed by atoms with Crippen LogP contribution in [0.15, 0.2) is 91.4 Å². The lowest BCUT2D eigenvalue weighted by molar-refractivity contribution is -0.116. The van der Waals surface area contributed by atoms with Gasteiger partial charge in [-0.2, -0.15) is 0 Å². The van der Waals surface area contributed by atoms with Crippen LogP contribution in [0.3, 0.4) is 0 Å². The quantitative estimate of drug-likeness (QED) is 0.446. The Hall–Kier alpha value is -4.12. The van der Waals surface area contributed by atoms with Gasteiger partial charge in [-0.1, -0.05) is 54.6 Å². The Morgan fingerprint density at radius 1 is 1.03 bits per heavy atom. The van der Waals surface area contributed by atoms with Gasteiger partial charge in [-0.15, -0.1) is 0 Å². The van der Waals surface area contributed by atoms with E-state index in [1.165, 1.54) is 6.08 Å². The summed E-state index contributed by atoms with van der Waals surface area (Å²) in [7, 11) is 0. The Kier molecular flexibility index (Phi) is 5.94. The molecule has 0 aliphatic carbocycles. The molecular weight excluding hydrogens is 386 g/mol. The third-order valence-electron chi connectivity index (χ3n) is 4.92. The topological polar surface area (TPSA) is 67.2 Å². The maximum Gasteiger partial charge on any atom is 0.244 e. The van der Waals surface area contributed by atoms with Gasteiger partial charge in [-0.05, 0) is 53.5 Å². The normalized spacial score (nSPS) is 11.0. The molecule has 4 aromatic rings. The largest absolute Gasteiger partial charge is 0.506 e. The maximum atomic E-state index is 12.2. The number of benzene rings is 3. The number of imidazole rings is 1. The van der Waals surface area contributed by atoms with Crippen molar-refractivity contribution in [2.45, 2.75) is 13.5 Å². The third kappa shape index (κ3) is 5.08. The highest BCUT2D eigenvalue weighted by Crippen LogP contribution is 2.24. The minimum Gasteiger partial charge on any atom is -0.506 e. The van der Waals surface area contributed by atoms with Crippen molar-refractivity contribution < 1.29 is 9.90 Å². The molecule has 0 aliphatic rings. The van der Waals surface area contributed by atoms with Gasteiger partial charge in [-0.3, -0.25) is 4.79 Å². The van der Waals surface area contributed by atoms with Gasteiger partial charge in [0.15, 0.2) is 0 Å². The number of phenolic OH excluding ortho intramolecular Hbond substituents is 1. The van der Waals surface area contributed by atoms with Gasteiger partial charge in [0, 0.05) is 18.8 Å². The molecule has 0 spiro atoms. The van der Waals surface area contributed by atoms with Gasteiger partial charge in [0.05, 0.1) is 17.7 Å². The van der Waals surface area contributed by atoms with Gasteiger partial charge < -0.3 is 15.0 Å². The van der Waals surface area contributed by atoms with Crippen LogP contribution in [0.4, 0.5) is 0 Å². The smallest absolute Gasteiger partial charge is 0.244 e. The fraction of sp³-hybridized carbons (Fsp3) is 0.0769. The molecule has 154 valence electrons. The molecule has 5 nitrogen and oxygen atoms in total. The fourth-order valence-corrected chi connectivity index (χ4v) is 3.33. The second kappa shape index (κ2) is 9.13. The number of carbonyl (C=O) groups is 1. The fourth-order valence-electron chi connectivity index (χ4n) is 3.33. The van der Waals surface area contributed by atoms with Crippen LogP contribution in [0.5, 0.6) is 5.75 Å². The molecule has 1 amide bonds. The summed E-state index contributed by atoms with van der Waals surface area (Å²) in [4.78, 5) is 16.4. The zero-order valence-corrected chi connectivity index (χ0v) is 17.2. The SMILES string of the molecule is Cc1cn(-c2ccc(C=CC(=O)NCc3cccc(-c4ccccc4)c3)cc2O)cn1. The van der Waals surface area contributed by atoms with Crippen molar-refractivity contribution in [1.82, 2.24) is 14.9 Å². The van der Waals surface area contributed by atoms with E-state index < -0.39 is 0 Å². The Morgan fingerprint density at radius 2 is 1.84 bits per heavy atom. The van der Waals surface area contributed by atoms with E-state index in [0.717, 1.165) is 27.9 Å². The number of hydrogen-bond acceptors (Lipinski definition) is 3. The standard InChI is InChI=1S/C26H23N3O2/c1-19-17-29(18-28-19)24-12-10-20(15-25(24)30)11-13-26(31)27-16-21-6-5-9-23(14-21)22-7-3-2-4-8-22/h2-15,17-18,30H,16H2,1H3,(H,27,31). The average molecular weight is 409 g/mol. The molecule has 1 aromatic heterocycles. The number of rotatable bonds is 6. The number of aromatic hydroxyl groups is 1. The second-order valence-electron chi connectivity index (χ2n) is 7.29. The summed E-state index contributed by atoms with van der Waals surface area (Å²) < 4.78 is 1.76. The van der Waals surface area contributed by atoms with Gasteiger partial charge in [-0.25, -0.2) is 4.98 Å². The zero-order valence-electron chi connectivity index (χ0n) is 17.2. The second-order valence-corrected chi connectivity index (χ2v) is 7.29. The van der Waals surface area contributed by atoms with Crippen LogP contribution < -0.4 is 5.32 Å². The summed E-state index contributed by atoms with van der Waals surface area (Å²) in [5.74, 6) is -0.0726. The first-order chi connectivity index (χ1) is 15.1. The number of amides is 1. The molecule has 31 heavy (non-hydrogen) atoms. The van der Waals surface area contributed by atoms with Gasteiger partial charge in [0.25, 0.3) is 0 Å². The van der Waals surface area contributed by atoms with Crippen LogP contribution in [0.25, 0.3) is 22.9 Å². The first-order valence-corrected chi connectivity index (χ1v) is 10.0. The Balaban J connectivity index is 1.37. The van der Waals surface area contributed by atoms with E-state index in [9.17, 15) is 9.90 Å². The molecule has 0 radical (unpaired) electrons. The van der Waals surface area contributed by atoms with Crippen molar-refractivity contribution in [3.05, 3.63) is 108 Å². The predicted molar refractivity (Wildman–Crippen MR) is 123 cm³/mol. The Labute approximate surface area is 181 Å². The molecule has 0 atom stereocenters. The lowest BCUT2D eigenvalue weighted by Crippen LogP contribution is -2.20. The van der Waals surface area contributed by atoms with Crippen LogP contribution in [0.1, 0.15) is 16.8 Å². The van der Waals surface area contributed by atoms with Gasteiger partial charge in [0.2, 0.25) is 5.91 Å². The summed E-state index contributed by atoms with van der Waals surface area (Å²) in [6.45, 7) is 2.33. The summed E-state index contributed by atoms with van der Waals surface area (Å²) in [5.41, 5.74) is 5.53. The number of aryl methyl sites for hydroxylation is 1. The van der Waals surface area contributed by atoms with Crippen LogP contribution in [0.2, 0.25) is 0 Å². The lowest BCUT2D eigenvalue weighted by atomic mass is 10.0. The summed E-state index contributed by atoms with van der Waals surface area (Å²) in [6.07, 6.45) is 6.64. The molecule has 5 heteroatoms. The molecule has 0 aliphatic heterocycles. The molecule has 3 aromatic carbocycles. The van der Waals surface area contributed by atoms with E-state index in [1.807, 2.05) is 49.5 Å². The molecule has 2 N–H and O–H groups in total. The summed E-state index contributed by atoms with van der Waals surface area (Å²) in [5, 5.41) is 13.2. The molecule has 0 bridgehead atoms. The van der Waals surface area contributed by atoms with Crippen molar-refractivity contribution in [2.75, 3.05) is 0 Å². The van der Waals surface area contributed by atoms with E-state index >= 15 is 0 Å². The molecular formula is C26H23N3O2. The van der Waals surface area contributed by atoms with Crippen molar-refractivity contribution in [2.24, 2.45) is 0 Å². The monoisotopic (exact) mass is 409 g/mol. The van der Waals surface area contributed by atoms with E-state index in [-0.39, 0.29) is 11.7 Å². The van der Waals surface area contributed by atoms with Crippen LogP contribution in [0, 0.1) is 6.92 Å². The average Bonchev–Trinajstić information content (AvgIpc) is 3.23. The zero-order chi connectivity index (χ0) is 21.6. The molecule has 0 saturated carbocycles. The molecule has 1 heterocycles. The summed E-state index contributed by atoms with van der Waals surface area (Å²) in [6, 6.07) is 23.5. The Bertz CT molecular complexity index is 1230. The number of phenols is 1. The van der Waals surface area contributed by atoms with E-state index in [4.69, 9.17) is 0 Å². The lowest BCUT2D eigenvalue weighted by Gasteiger charge is -2.07. The molecule has 0 saturated heterocycles. The third-order valence-corrected chi connectivity index (χ3v) is 4.92. The maximum absolute atomic E-state index is 12.2. The minimum absolute atomic E-state index is 0.123. The summed E-state index contributed by atoms with van der Waals surface area (Å²) >= 11 is 0. The van der Waals surface area contributed by atoms with Gasteiger partial charge >= 0.3 is 0 Å². The number of aromatic nitrogens is 2. The number of nitrogens with zero attached hydrogens (tertiary/aromatic N) is 2. The highest BCUT2D eigenvalue weighted by atomic mass is 16.3.